The summed E-state index contributed by atoms with van der Waals surface area (Å²) in [6.07, 6.45) is 1.66. The van der Waals surface area contributed by atoms with Crippen molar-refractivity contribution in [2.24, 2.45) is 0 Å². The number of nitrogens with one attached hydrogen (secondary N) is 1. The molecule has 12 heteroatoms. The third-order valence-corrected chi connectivity index (χ3v) is 8.99. The first-order valence-corrected chi connectivity index (χ1v) is 15.5. The number of unbranched alkanes of at least 4 members (excludes halogenated alkanes) is 1. The highest BCUT2D eigenvalue weighted by Crippen LogP contribution is 2.33. The zero-order chi connectivity index (χ0) is 30.9. The number of benzene rings is 3. The summed E-state index contributed by atoms with van der Waals surface area (Å²) in [5.74, 6) is -0.270. The number of hydrogen-bond donors (Lipinski definition) is 1. The second kappa shape index (κ2) is 15.1. The molecule has 226 valence electrons. The monoisotopic (exact) mass is 635 g/mol. The first-order valence-electron chi connectivity index (χ1n) is 13.3. The van der Waals surface area contributed by atoms with Gasteiger partial charge in [0.05, 0.1) is 24.8 Å². The van der Waals surface area contributed by atoms with E-state index in [1.165, 1.54) is 43.4 Å². The fourth-order valence-corrected chi connectivity index (χ4v) is 6.07. The Morgan fingerprint density at radius 1 is 0.976 bits per heavy atom. The van der Waals surface area contributed by atoms with Crippen molar-refractivity contribution in [3.05, 3.63) is 82.3 Å². The molecule has 0 aliphatic heterocycles. The summed E-state index contributed by atoms with van der Waals surface area (Å²) >= 11 is 12.5. The maximum atomic E-state index is 14.1. The number of hydrogen-bond acceptors (Lipinski definition) is 6. The van der Waals surface area contributed by atoms with Gasteiger partial charge in [0.1, 0.15) is 24.1 Å². The number of anilines is 1. The second-order valence-corrected chi connectivity index (χ2v) is 12.1. The number of para-hydroxylation sites is 2. The summed E-state index contributed by atoms with van der Waals surface area (Å²) in [6.45, 7) is 3.37. The van der Waals surface area contributed by atoms with Crippen molar-refractivity contribution < 1.29 is 27.5 Å². The quantitative estimate of drug-likeness (QED) is 0.233. The number of methoxy groups -OCH3 is 2. The molecule has 0 spiro atoms. The number of carbonyl (C=O) groups excluding carboxylic acids is 2. The molecule has 0 aliphatic carbocycles. The summed E-state index contributed by atoms with van der Waals surface area (Å²) in [5, 5.41) is 3.58. The molecule has 2 amide bonds. The molecule has 9 nitrogen and oxygen atoms in total. The summed E-state index contributed by atoms with van der Waals surface area (Å²) in [7, 11) is -1.39. The van der Waals surface area contributed by atoms with Gasteiger partial charge in [-0.05, 0) is 67.4 Å². The third-order valence-electron chi connectivity index (χ3n) is 6.63. The van der Waals surface area contributed by atoms with Crippen LogP contribution in [-0.2, 0) is 26.2 Å². The van der Waals surface area contributed by atoms with Crippen molar-refractivity contribution in [3.8, 4) is 11.5 Å². The Bertz CT molecular complexity index is 1480. The van der Waals surface area contributed by atoms with Crippen LogP contribution in [0.3, 0.4) is 0 Å². The molecule has 0 aliphatic rings. The van der Waals surface area contributed by atoms with E-state index in [0.717, 1.165) is 17.1 Å². The lowest BCUT2D eigenvalue weighted by molar-refractivity contribution is -0.139. The van der Waals surface area contributed by atoms with Crippen LogP contribution in [0.5, 0.6) is 11.5 Å². The van der Waals surface area contributed by atoms with E-state index in [1.54, 1.807) is 49.4 Å². The first-order chi connectivity index (χ1) is 20.0. The van der Waals surface area contributed by atoms with E-state index in [4.69, 9.17) is 32.7 Å². The van der Waals surface area contributed by atoms with Gasteiger partial charge in [-0.3, -0.25) is 13.9 Å². The molecule has 42 heavy (non-hydrogen) atoms. The van der Waals surface area contributed by atoms with E-state index < -0.39 is 28.5 Å². The summed E-state index contributed by atoms with van der Waals surface area (Å²) in [4.78, 5) is 28.4. The van der Waals surface area contributed by atoms with Gasteiger partial charge < -0.3 is 19.7 Å². The summed E-state index contributed by atoms with van der Waals surface area (Å²) < 4.78 is 39.7. The van der Waals surface area contributed by atoms with Crippen molar-refractivity contribution in [1.29, 1.82) is 0 Å². The fraction of sp³-hybridized carbons (Fsp3) is 0.333. The maximum absolute atomic E-state index is 14.1. The predicted molar refractivity (Wildman–Crippen MR) is 165 cm³/mol. The Morgan fingerprint density at radius 3 is 2.29 bits per heavy atom. The minimum atomic E-state index is -4.28. The van der Waals surface area contributed by atoms with Crippen molar-refractivity contribution in [3.63, 3.8) is 0 Å². The van der Waals surface area contributed by atoms with E-state index in [2.05, 4.69) is 5.32 Å². The van der Waals surface area contributed by atoms with Gasteiger partial charge in [-0.15, -0.1) is 0 Å². The number of amides is 2. The van der Waals surface area contributed by atoms with Crippen LogP contribution >= 0.6 is 23.2 Å². The van der Waals surface area contributed by atoms with E-state index in [0.29, 0.717) is 27.9 Å². The molecule has 0 saturated carbocycles. The molecule has 3 aromatic rings. The van der Waals surface area contributed by atoms with Gasteiger partial charge in [-0.2, -0.15) is 0 Å². The molecule has 0 aromatic heterocycles. The fourth-order valence-electron chi connectivity index (χ4n) is 4.18. The smallest absolute Gasteiger partial charge is 0.264 e. The van der Waals surface area contributed by atoms with Gasteiger partial charge in [0.15, 0.2) is 0 Å². The largest absolute Gasteiger partial charge is 0.497 e. The molecule has 3 rings (SSSR count). The lowest BCUT2D eigenvalue weighted by Crippen LogP contribution is -2.51. The Labute approximate surface area is 257 Å². The first kappa shape index (κ1) is 33.0. The molecule has 3 aromatic carbocycles. The van der Waals surface area contributed by atoms with E-state index >= 15 is 0 Å². The van der Waals surface area contributed by atoms with E-state index in [9.17, 15) is 18.0 Å². The normalized spacial score (nSPS) is 11.9. The van der Waals surface area contributed by atoms with Crippen molar-refractivity contribution in [1.82, 2.24) is 10.2 Å². The lowest BCUT2D eigenvalue weighted by Gasteiger charge is -2.32. The average Bonchev–Trinajstić information content (AvgIpc) is 2.99. The third kappa shape index (κ3) is 8.08. The average molecular weight is 637 g/mol. The van der Waals surface area contributed by atoms with Gasteiger partial charge in [0.25, 0.3) is 10.0 Å². The highest BCUT2D eigenvalue weighted by atomic mass is 35.5. The minimum absolute atomic E-state index is 0.0559. The van der Waals surface area contributed by atoms with Gasteiger partial charge in [-0.25, -0.2) is 8.42 Å². The van der Waals surface area contributed by atoms with E-state index in [1.807, 2.05) is 6.92 Å². The van der Waals surface area contributed by atoms with Gasteiger partial charge in [0.2, 0.25) is 11.8 Å². The van der Waals surface area contributed by atoms with Crippen molar-refractivity contribution in [2.45, 2.75) is 44.2 Å². The number of halogens is 2. The maximum Gasteiger partial charge on any atom is 0.264 e. The van der Waals surface area contributed by atoms with Crippen LogP contribution in [0.1, 0.15) is 32.3 Å². The number of rotatable bonds is 14. The van der Waals surface area contributed by atoms with Crippen molar-refractivity contribution >= 4 is 50.7 Å². The van der Waals surface area contributed by atoms with Gasteiger partial charge in [-0.1, -0.05) is 54.7 Å². The summed E-state index contributed by atoms with van der Waals surface area (Å²) in [6, 6.07) is 16.2. The zero-order valence-electron chi connectivity index (χ0n) is 24.0. The van der Waals surface area contributed by atoms with Crippen molar-refractivity contribution in [2.75, 3.05) is 31.6 Å². The van der Waals surface area contributed by atoms with Gasteiger partial charge in [0, 0.05) is 23.1 Å². The van der Waals surface area contributed by atoms with Crippen LogP contribution in [-0.4, -0.2) is 58.5 Å². The molecule has 0 radical (unpaired) electrons. The molecular formula is C30H35Cl2N3O6S. The molecule has 0 bridgehead atoms. The molecular weight excluding hydrogens is 601 g/mol. The number of sulfonamides is 1. The number of ether oxygens (including phenoxy) is 2. The van der Waals surface area contributed by atoms with E-state index in [-0.39, 0.29) is 28.8 Å². The second-order valence-electron chi connectivity index (χ2n) is 9.44. The minimum Gasteiger partial charge on any atom is -0.497 e. The Hall–Kier alpha value is -3.47. The molecule has 1 N–H and O–H groups in total. The number of carbonyl (C=O) groups is 2. The Morgan fingerprint density at radius 2 is 1.67 bits per heavy atom. The standard InChI is InChI=1S/C30H35Cl2N3O6S/c1-5-6-17-33-30(37)21(2)34(19-22-11-12-23(31)18-26(22)32)29(36)20-35(27-9-7-8-10-28(27)41-4)42(38,39)25-15-13-24(40-3)14-16-25/h7-16,18,21H,5-6,17,19-20H2,1-4H3,(H,33,37)/t21-/m1/s1. The lowest BCUT2D eigenvalue weighted by atomic mass is 10.1. The molecule has 0 fully saturated rings. The highest BCUT2D eigenvalue weighted by molar-refractivity contribution is 7.92. The highest BCUT2D eigenvalue weighted by Gasteiger charge is 2.34. The van der Waals surface area contributed by atoms with Crippen LogP contribution in [0.4, 0.5) is 5.69 Å². The Balaban J connectivity index is 2.06. The van der Waals surface area contributed by atoms with Gasteiger partial charge >= 0.3 is 0 Å². The molecule has 1 atom stereocenters. The topological polar surface area (TPSA) is 105 Å². The zero-order valence-corrected chi connectivity index (χ0v) is 26.3. The molecule has 0 saturated heterocycles. The Kier molecular flexibility index (Phi) is 11.9. The number of nitrogens with zero attached hydrogens (tertiary/aromatic N) is 2. The van der Waals surface area contributed by atoms with Crippen LogP contribution in [0, 0.1) is 0 Å². The summed E-state index contributed by atoms with van der Waals surface area (Å²) in [5.41, 5.74) is 0.707. The molecule has 0 heterocycles. The van der Waals surface area contributed by atoms with Crippen LogP contribution in [0.15, 0.2) is 71.6 Å². The molecule has 0 unspecified atom stereocenters. The SMILES string of the molecule is CCCCNC(=O)[C@@H](C)N(Cc1ccc(Cl)cc1Cl)C(=O)CN(c1ccccc1OC)S(=O)(=O)c1ccc(OC)cc1. The van der Waals surface area contributed by atoms with Crippen LogP contribution in [0.25, 0.3) is 0 Å². The van der Waals surface area contributed by atoms with Crippen LogP contribution in [0.2, 0.25) is 10.0 Å². The predicted octanol–water partition coefficient (Wildman–Crippen LogP) is 5.54. The van der Waals surface area contributed by atoms with Crippen LogP contribution < -0.4 is 19.1 Å².